The zero-order chi connectivity index (χ0) is 25.4. The molecule has 180 valence electrons. The van der Waals surface area contributed by atoms with Gasteiger partial charge in [-0.25, -0.2) is 18.7 Å². The quantitative estimate of drug-likeness (QED) is 0.296. The van der Waals surface area contributed by atoms with Crippen molar-refractivity contribution in [1.29, 1.82) is 0 Å². The van der Waals surface area contributed by atoms with Crippen molar-refractivity contribution >= 4 is 28.3 Å². The first-order valence-corrected chi connectivity index (χ1v) is 11.9. The highest BCUT2D eigenvalue weighted by Crippen LogP contribution is 2.33. The van der Waals surface area contributed by atoms with E-state index in [0.29, 0.717) is 34.3 Å². The zero-order valence-corrected chi connectivity index (χ0v) is 20.3. The maximum absolute atomic E-state index is 13.9. The van der Waals surface area contributed by atoms with Crippen molar-refractivity contribution in [2.24, 2.45) is 5.73 Å². The zero-order valence-electron chi connectivity index (χ0n) is 19.5. The van der Waals surface area contributed by atoms with E-state index in [-0.39, 0.29) is 5.69 Å². The van der Waals surface area contributed by atoms with Gasteiger partial charge >= 0.3 is 0 Å². The van der Waals surface area contributed by atoms with Gasteiger partial charge in [0.05, 0.1) is 23.8 Å². The number of primary amides is 1. The summed E-state index contributed by atoms with van der Waals surface area (Å²) < 4.78 is 32.8. The molecule has 5 rings (SSSR count). The van der Waals surface area contributed by atoms with E-state index in [4.69, 9.17) is 15.5 Å². The summed E-state index contributed by atoms with van der Waals surface area (Å²) in [5.74, 6) is -1.74. The van der Waals surface area contributed by atoms with Crippen LogP contribution in [0.2, 0.25) is 0 Å². The molecule has 2 aromatic heterocycles. The summed E-state index contributed by atoms with van der Waals surface area (Å²) in [7, 11) is 1.64. The molecular formula is C28H21F2N3O2S. The number of ether oxygens (including phenoxy) is 1. The number of hydrogen-bond donors (Lipinski definition) is 1. The normalized spacial score (nSPS) is 11.1. The number of para-hydroxylation sites is 1. The smallest absolute Gasteiger partial charge is 0.269 e. The van der Waals surface area contributed by atoms with Crippen LogP contribution < -0.4 is 10.5 Å². The lowest BCUT2D eigenvalue weighted by molar-refractivity contribution is 0.0994. The first kappa shape index (κ1) is 23.6. The Hall–Kier alpha value is -4.17. The maximum Gasteiger partial charge on any atom is 0.269 e. The van der Waals surface area contributed by atoms with E-state index in [1.54, 1.807) is 36.6 Å². The highest BCUT2D eigenvalue weighted by Gasteiger charge is 2.18. The van der Waals surface area contributed by atoms with Crippen molar-refractivity contribution in [1.82, 2.24) is 9.97 Å². The average molecular weight is 502 g/mol. The van der Waals surface area contributed by atoms with Crippen LogP contribution in [0.5, 0.6) is 5.75 Å². The molecule has 0 aliphatic carbocycles. The van der Waals surface area contributed by atoms with Gasteiger partial charge in [-0.15, -0.1) is 11.3 Å². The number of halogens is 2. The Morgan fingerprint density at radius 3 is 2.50 bits per heavy atom. The predicted octanol–water partition coefficient (Wildman–Crippen LogP) is 6.31. The second-order valence-electron chi connectivity index (χ2n) is 8.31. The minimum atomic E-state index is -0.952. The van der Waals surface area contributed by atoms with E-state index in [1.807, 2.05) is 31.2 Å². The molecule has 8 heteroatoms. The Balaban J connectivity index is 1.56. The van der Waals surface area contributed by atoms with Crippen LogP contribution >= 0.6 is 11.3 Å². The molecule has 36 heavy (non-hydrogen) atoms. The van der Waals surface area contributed by atoms with Crippen LogP contribution in [0.1, 0.15) is 26.6 Å². The van der Waals surface area contributed by atoms with E-state index in [2.05, 4.69) is 11.1 Å². The topological polar surface area (TPSA) is 78.1 Å². The largest absolute Gasteiger partial charge is 0.496 e. The van der Waals surface area contributed by atoms with Gasteiger partial charge in [0.25, 0.3) is 5.91 Å². The van der Waals surface area contributed by atoms with Gasteiger partial charge in [0.2, 0.25) is 0 Å². The number of hydrogen-bond acceptors (Lipinski definition) is 5. The minimum absolute atomic E-state index is 0.0835. The SMILES string of the molecule is COc1ccc(-c2ccc(Cc3nc4c(-c5ccc(F)c(F)c5)cccc4nc3C(N)=O)s2)cc1C. The fourth-order valence-electron chi connectivity index (χ4n) is 4.15. The minimum Gasteiger partial charge on any atom is -0.496 e. The molecule has 0 aliphatic heterocycles. The summed E-state index contributed by atoms with van der Waals surface area (Å²) in [6.07, 6.45) is 0.340. The van der Waals surface area contributed by atoms with E-state index in [1.165, 1.54) is 6.07 Å². The molecule has 0 saturated heterocycles. The number of amides is 1. The number of aryl methyl sites for hydroxylation is 1. The summed E-state index contributed by atoms with van der Waals surface area (Å²) in [4.78, 5) is 23.5. The number of aromatic nitrogens is 2. The van der Waals surface area contributed by atoms with Crippen LogP contribution in [-0.2, 0) is 6.42 Å². The molecule has 0 fully saturated rings. The second-order valence-corrected chi connectivity index (χ2v) is 9.48. The average Bonchev–Trinajstić information content (AvgIpc) is 3.33. The van der Waals surface area contributed by atoms with Crippen molar-refractivity contribution in [3.63, 3.8) is 0 Å². The van der Waals surface area contributed by atoms with Gasteiger partial charge in [0.1, 0.15) is 5.75 Å². The Labute approximate surface area is 210 Å². The van der Waals surface area contributed by atoms with Crippen LogP contribution in [0.25, 0.3) is 32.6 Å². The Bertz CT molecular complexity index is 1630. The molecule has 1 amide bonds. The Morgan fingerprint density at radius 1 is 0.972 bits per heavy atom. The Kier molecular flexibility index (Phi) is 6.20. The van der Waals surface area contributed by atoms with Crippen LogP contribution in [0.15, 0.2) is 66.7 Å². The van der Waals surface area contributed by atoms with Gasteiger partial charge in [-0.1, -0.05) is 18.2 Å². The number of benzene rings is 3. The van der Waals surface area contributed by atoms with E-state index < -0.39 is 17.5 Å². The van der Waals surface area contributed by atoms with Gasteiger partial charge in [-0.3, -0.25) is 4.79 Å². The fourth-order valence-corrected chi connectivity index (χ4v) is 5.16. The number of thiophene rings is 1. The third-order valence-electron chi connectivity index (χ3n) is 5.91. The Morgan fingerprint density at radius 2 is 1.78 bits per heavy atom. The highest BCUT2D eigenvalue weighted by atomic mass is 32.1. The molecule has 0 unspecified atom stereocenters. The van der Waals surface area contributed by atoms with Crippen molar-refractivity contribution < 1.29 is 18.3 Å². The lowest BCUT2D eigenvalue weighted by atomic mass is 10.0. The van der Waals surface area contributed by atoms with Crippen LogP contribution in [0.3, 0.4) is 0 Å². The van der Waals surface area contributed by atoms with Crippen molar-refractivity contribution in [2.45, 2.75) is 13.3 Å². The fraction of sp³-hybridized carbons (Fsp3) is 0.107. The van der Waals surface area contributed by atoms with E-state index in [0.717, 1.165) is 38.8 Å². The number of carbonyl (C=O) groups is 1. The number of nitrogens with zero attached hydrogens (tertiary/aromatic N) is 2. The summed E-state index contributed by atoms with van der Waals surface area (Å²) in [5.41, 5.74) is 10.2. The summed E-state index contributed by atoms with van der Waals surface area (Å²) in [5, 5.41) is 0. The lowest BCUT2D eigenvalue weighted by Gasteiger charge is -2.11. The molecule has 5 aromatic rings. The van der Waals surface area contributed by atoms with Crippen molar-refractivity contribution in [2.75, 3.05) is 7.11 Å². The van der Waals surface area contributed by atoms with Crippen LogP contribution in [0.4, 0.5) is 8.78 Å². The van der Waals surface area contributed by atoms with Crippen molar-refractivity contribution in [3.05, 3.63) is 100 Å². The molecule has 5 nitrogen and oxygen atoms in total. The number of carbonyl (C=O) groups excluding carboxylic acids is 1. The third-order valence-corrected chi connectivity index (χ3v) is 7.05. The predicted molar refractivity (Wildman–Crippen MR) is 137 cm³/mol. The maximum atomic E-state index is 13.9. The molecule has 2 N–H and O–H groups in total. The first-order chi connectivity index (χ1) is 17.3. The molecule has 0 saturated carbocycles. The molecule has 0 aliphatic rings. The summed E-state index contributed by atoms with van der Waals surface area (Å²) in [6.45, 7) is 1.99. The van der Waals surface area contributed by atoms with Gasteiger partial charge in [0, 0.05) is 21.7 Å². The van der Waals surface area contributed by atoms with E-state index >= 15 is 0 Å². The van der Waals surface area contributed by atoms with Gasteiger partial charge < -0.3 is 10.5 Å². The third kappa shape index (κ3) is 4.43. The van der Waals surface area contributed by atoms with Gasteiger partial charge in [-0.2, -0.15) is 0 Å². The lowest BCUT2D eigenvalue weighted by Crippen LogP contribution is -2.17. The highest BCUT2D eigenvalue weighted by molar-refractivity contribution is 7.15. The molecule has 3 aromatic carbocycles. The monoisotopic (exact) mass is 501 g/mol. The van der Waals surface area contributed by atoms with Crippen molar-refractivity contribution in [3.8, 4) is 27.3 Å². The summed E-state index contributed by atoms with van der Waals surface area (Å²) in [6, 6.07) is 18.9. The summed E-state index contributed by atoms with van der Waals surface area (Å²) >= 11 is 1.58. The van der Waals surface area contributed by atoms with Crippen LogP contribution in [-0.4, -0.2) is 23.0 Å². The first-order valence-electron chi connectivity index (χ1n) is 11.1. The molecule has 0 bridgehead atoms. The molecule has 0 radical (unpaired) electrons. The molecule has 0 spiro atoms. The molecule has 0 atom stereocenters. The molecular weight excluding hydrogens is 480 g/mol. The van der Waals surface area contributed by atoms with Crippen LogP contribution in [0, 0.1) is 18.6 Å². The number of methoxy groups -OCH3 is 1. The number of fused-ring (bicyclic) bond motifs is 1. The van der Waals surface area contributed by atoms with Gasteiger partial charge in [-0.05, 0) is 72.1 Å². The number of rotatable bonds is 6. The van der Waals surface area contributed by atoms with E-state index in [9.17, 15) is 13.6 Å². The van der Waals surface area contributed by atoms with Gasteiger partial charge in [0.15, 0.2) is 17.3 Å². The molecule has 2 heterocycles. The standard InChI is InChI=1S/C28H21F2N3O2S/c1-15-12-17(7-10-24(15)35-2)25-11-8-18(36-25)14-23-27(28(31)34)32-22-5-3-4-19(26(22)33-23)16-6-9-20(29)21(30)13-16/h3-13H,14H2,1-2H3,(H2,31,34). The number of nitrogens with two attached hydrogens (primary N) is 1. The second kappa shape index (κ2) is 9.47.